The molecular formula is C13H23N5O. The molecule has 6 nitrogen and oxygen atoms in total. The van der Waals surface area contributed by atoms with Crippen molar-refractivity contribution < 1.29 is 4.74 Å². The first kappa shape index (κ1) is 13.8. The van der Waals surface area contributed by atoms with Gasteiger partial charge in [-0.1, -0.05) is 6.42 Å². The number of ether oxygens (including phenoxy) is 1. The number of aromatic nitrogens is 3. The third kappa shape index (κ3) is 3.68. The topological polar surface area (TPSA) is 77.2 Å². The fraction of sp³-hybridized carbons (Fsp3) is 0.769. The molecule has 1 saturated carbocycles. The third-order valence-electron chi connectivity index (χ3n) is 3.49. The average molecular weight is 265 g/mol. The predicted octanol–water partition coefficient (Wildman–Crippen LogP) is 2.01. The number of anilines is 2. The Morgan fingerprint density at radius 2 is 1.79 bits per heavy atom. The number of nitrogen functional groups attached to an aromatic ring is 1. The van der Waals surface area contributed by atoms with E-state index < -0.39 is 0 Å². The number of hydrogen-bond donors (Lipinski definition) is 1. The van der Waals surface area contributed by atoms with Crippen molar-refractivity contribution in [3.8, 4) is 6.01 Å². The molecule has 106 valence electrons. The first-order valence-corrected chi connectivity index (χ1v) is 7.16. The maximum atomic E-state index is 5.85. The van der Waals surface area contributed by atoms with Gasteiger partial charge in [-0.2, -0.15) is 15.0 Å². The minimum Gasteiger partial charge on any atom is -0.460 e. The highest BCUT2D eigenvalue weighted by Gasteiger charge is 2.18. The number of rotatable bonds is 5. The molecule has 0 saturated heterocycles. The van der Waals surface area contributed by atoms with Crippen LogP contribution in [0.1, 0.15) is 46.0 Å². The molecule has 1 aliphatic rings. The van der Waals surface area contributed by atoms with Crippen LogP contribution in [0.4, 0.5) is 11.9 Å². The first-order valence-electron chi connectivity index (χ1n) is 7.16. The summed E-state index contributed by atoms with van der Waals surface area (Å²) in [6.45, 7) is 5.79. The number of nitrogens with zero attached hydrogens (tertiary/aromatic N) is 4. The van der Waals surface area contributed by atoms with Crippen LogP contribution < -0.4 is 15.4 Å². The Kier molecular flexibility index (Phi) is 4.76. The van der Waals surface area contributed by atoms with E-state index in [1.54, 1.807) is 0 Å². The second kappa shape index (κ2) is 6.54. The number of hydrogen-bond acceptors (Lipinski definition) is 6. The van der Waals surface area contributed by atoms with Gasteiger partial charge in [0.1, 0.15) is 6.10 Å². The summed E-state index contributed by atoms with van der Waals surface area (Å²) in [6, 6.07) is 0.362. The monoisotopic (exact) mass is 265 g/mol. The normalized spacial score (nSPS) is 16.3. The zero-order valence-corrected chi connectivity index (χ0v) is 11.8. The summed E-state index contributed by atoms with van der Waals surface area (Å²) in [5.74, 6) is 0.825. The van der Waals surface area contributed by atoms with E-state index in [0.29, 0.717) is 12.0 Å². The largest absolute Gasteiger partial charge is 0.460 e. The molecule has 19 heavy (non-hydrogen) atoms. The fourth-order valence-electron chi connectivity index (χ4n) is 2.39. The SMILES string of the molecule is CCN(CC)c1nc(N)nc(OC2CCCCC2)n1. The lowest BCUT2D eigenvalue weighted by Crippen LogP contribution is -2.26. The van der Waals surface area contributed by atoms with Gasteiger partial charge in [0.25, 0.3) is 0 Å². The van der Waals surface area contributed by atoms with E-state index in [4.69, 9.17) is 10.5 Å². The van der Waals surface area contributed by atoms with Gasteiger partial charge in [-0.15, -0.1) is 0 Å². The Morgan fingerprint density at radius 3 is 2.42 bits per heavy atom. The summed E-state index contributed by atoms with van der Waals surface area (Å²) in [5.41, 5.74) is 5.74. The molecule has 0 aliphatic heterocycles. The van der Waals surface area contributed by atoms with Gasteiger partial charge in [0.15, 0.2) is 0 Å². The second-order valence-corrected chi connectivity index (χ2v) is 4.83. The van der Waals surface area contributed by atoms with E-state index in [1.807, 2.05) is 4.90 Å². The maximum absolute atomic E-state index is 5.85. The third-order valence-corrected chi connectivity index (χ3v) is 3.49. The highest BCUT2D eigenvalue weighted by atomic mass is 16.5. The Balaban J connectivity index is 2.11. The minimum absolute atomic E-state index is 0.222. The molecule has 1 aromatic heterocycles. The van der Waals surface area contributed by atoms with Crippen LogP contribution in [0.25, 0.3) is 0 Å². The van der Waals surface area contributed by atoms with E-state index >= 15 is 0 Å². The van der Waals surface area contributed by atoms with Gasteiger partial charge in [-0.25, -0.2) is 0 Å². The standard InChI is InChI=1S/C13H23N5O/c1-3-18(4-2)12-15-11(14)16-13(17-12)19-10-8-6-5-7-9-10/h10H,3-9H2,1-2H3,(H2,14,15,16,17). The van der Waals surface area contributed by atoms with Crippen LogP contribution >= 0.6 is 0 Å². The minimum atomic E-state index is 0.222. The van der Waals surface area contributed by atoms with E-state index in [0.717, 1.165) is 25.9 Å². The molecular weight excluding hydrogens is 242 g/mol. The van der Waals surface area contributed by atoms with Gasteiger partial charge in [0.05, 0.1) is 0 Å². The molecule has 0 atom stereocenters. The lowest BCUT2D eigenvalue weighted by molar-refractivity contribution is 0.142. The molecule has 6 heteroatoms. The Bertz CT molecular complexity index is 402. The van der Waals surface area contributed by atoms with Crippen LogP contribution in [0.15, 0.2) is 0 Å². The molecule has 2 rings (SSSR count). The number of nitrogens with two attached hydrogens (primary N) is 1. The summed E-state index contributed by atoms with van der Waals surface area (Å²) >= 11 is 0. The molecule has 1 aromatic rings. The molecule has 1 heterocycles. The van der Waals surface area contributed by atoms with Crippen LogP contribution in [0.3, 0.4) is 0 Å². The molecule has 0 radical (unpaired) electrons. The van der Waals surface area contributed by atoms with Crippen LogP contribution in [0, 0.1) is 0 Å². The Hall–Kier alpha value is -1.59. The van der Waals surface area contributed by atoms with Crippen molar-refractivity contribution in [1.82, 2.24) is 15.0 Å². The van der Waals surface area contributed by atoms with Gasteiger partial charge in [-0.05, 0) is 39.5 Å². The molecule has 0 spiro atoms. The van der Waals surface area contributed by atoms with Gasteiger partial charge in [0, 0.05) is 13.1 Å². The molecule has 1 aliphatic carbocycles. The van der Waals surface area contributed by atoms with Crippen molar-refractivity contribution >= 4 is 11.9 Å². The summed E-state index contributed by atoms with van der Waals surface area (Å²) in [4.78, 5) is 14.7. The summed E-state index contributed by atoms with van der Waals surface area (Å²) in [7, 11) is 0. The molecule has 0 amide bonds. The van der Waals surface area contributed by atoms with Crippen LogP contribution in [0.5, 0.6) is 6.01 Å². The lowest BCUT2D eigenvalue weighted by atomic mass is 9.98. The van der Waals surface area contributed by atoms with Crippen LogP contribution in [-0.2, 0) is 0 Å². The molecule has 0 bridgehead atoms. The quantitative estimate of drug-likeness (QED) is 0.877. The van der Waals surface area contributed by atoms with Gasteiger partial charge in [0.2, 0.25) is 11.9 Å². The first-order chi connectivity index (χ1) is 9.22. The van der Waals surface area contributed by atoms with Crippen LogP contribution in [0.2, 0.25) is 0 Å². The Labute approximate surface area is 114 Å². The highest BCUT2D eigenvalue weighted by Crippen LogP contribution is 2.22. The average Bonchev–Trinajstić information content (AvgIpc) is 2.40. The van der Waals surface area contributed by atoms with Gasteiger partial charge in [-0.3, -0.25) is 0 Å². The van der Waals surface area contributed by atoms with E-state index in [1.165, 1.54) is 19.3 Å². The molecule has 1 fully saturated rings. The molecule has 0 aromatic carbocycles. The van der Waals surface area contributed by atoms with Crippen molar-refractivity contribution in [3.63, 3.8) is 0 Å². The second-order valence-electron chi connectivity index (χ2n) is 4.83. The van der Waals surface area contributed by atoms with Gasteiger partial charge < -0.3 is 15.4 Å². The lowest BCUT2D eigenvalue weighted by Gasteiger charge is -2.23. The van der Waals surface area contributed by atoms with Crippen molar-refractivity contribution in [3.05, 3.63) is 0 Å². The van der Waals surface area contributed by atoms with E-state index in [2.05, 4.69) is 28.8 Å². The maximum Gasteiger partial charge on any atom is 0.323 e. The zero-order valence-electron chi connectivity index (χ0n) is 11.8. The van der Waals surface area contributed by atoms with Crippen molar-refractivity contribution in [1.29, 1.82) is 0 Å². The summed E-state index contributed by atoms with van der Waals surface area (Å²) < 4.78 is 5.85. The van der Waals surface area contributed by atoms with Crippen molar-refractivity contribution in [2.75, 3.05) is 23.7 Å². The van der Waals surface area contributed by atoms with Crippen LogP contribution in [-0.4, -0.2) is 34.1 Å². The molecule has 0 unspecified atom stereocenters. The van der Waals surface area contributed by atoms with Crippen molar-refractivity contribution in [2.45, 2.75) is 52.1 Å². The molecule has 2 N–H and O–H groups in total. The summed E-state index contributed by atoms with van der Waals surface area (Å²) in [6.07, 6.45) is 6.10. The van der Waals surface area contributed by atoms with E-state index in [9.17, 15) is 0 Å². The predicted molar refractivity (Wildman–Crippen MR) is 75.3 cm³/mol. The zero-order chi connectivity index (χ0) is 13.7. The summed E-state index contributed by atoms with van der Waals surface area (Å²) in [5, 5.41) is 0. The fourth-order valence-corrected chi connectivity index (χ4v) is 2.39. The van der Waals surface area contributed by atoms with Crippen molar-refractivity contribution in [2.24, 2.45) is 0 Å². The Morgan fingerprint density at radius 1 is 1.11 bits per heavy atom. The smallest absolute Gasteiger partial charge is 0.323 e. The van der Waals surface area contributed by atoms with Gasteiger partial charge >= 0.3 is 6.01 Å². The highest BCUT2D eigenvalue weighted by molar-refractivity contribution is 5.35. The van der Waals surface area contributed by atoms with E-state index in [-0.39, 0.29) is 12.1 Å².